The van der Waals surface area contributed by atoms with Gasteiger partial charge in [0.2, 0.25) is 5.91 Å². The lowest BCUT2D eigenvalue weighted by Crippen LogP contribution is -2.14. The normalized spacial score (nSPS) is 10.2. The summed E-state index contributed by atoms with van der Waals surface area (Å²) >= 11 is 0. The number of nitrogen functional groups attached to an aromatic ring is 1. The van der Waals surface area contributed by atoms with Crippen LogP contribution in [0.3, 0.4) is 0 Å². The van der Waals surface area contributed by atoms with Crippen molar-refractivity contribution >= 4 is 17.4 Å². The largest absolute Gasteiger partial charge is 0.399 e. The number of anilines is 2. The number of aryl methyl sites for hydroxylation is 1. The second-order valence-electron chi connectivity index (χ2n) is 3.79. The number of nitrogens with zero attached hydrogens (tertiary/aromatic N) is 1. The highest BCUT2D eigenvalue weighted by Crippen LogP contribution is 2.09. The topological polar surface area (TPSA) is 81.2 Å². The van der Waals surface area contributed by atoms with Crippen molar-refractivity contribution in [3.8, 4) is 0 Å². The molecule has 0 spiro atoms. The average molecular weight is 231 g/mol. The van der Waals surface area contributed by atoms with E-state index in [4.69, 9.17) is 10.3 Å². The first kappa shape index (κ1) is 11.2. The summed E-state index contributed by atoms with van der Waals surface area (Å²) in [6, 6.07) is 8.85. The number of aromatic nitrogens is 1. The second-order valence-corrected chi connectivity index (χ2v) is 3.79. The molecule has 0 aliphatic carbocycles. The van der Waals surface area contributed by atoms with E-state index < -0.39 is 0 Å². The third-order valence-corrected chi connectivity index (χ3v) is 2.24. The number of rotatable bonds is 3. The zero-order valence-electron chi connectivity index (χ0n) is 9.43. The number of benzene rings is 1. The van der Waals surface area contributed by atoms with Crippen LogP contribution in [0.4, 0.5) is 11.5 Å². The monoisotopic (exact) mass is 231 g/mol. The van der Waals surface area contributed by atoms with Gasteiger partial charge in [0.15, 0.2) is 5.82 Å². The number of hydrogen-bond donors (Lipinski definition) is 2. The summed E-state index contributed by atoms with van der Waals surface area (Å²) < 4.78 is 4.85. The summed E-state index contributed by atoms with van der Waals surface area (Å²) in [6.45, 7) is 1.77. The summed E-state index contributed by atoms with van der Waals surface area (Å²) in [5, 5.41) is 6.34. The van der Waals surface area contributed by atoms with E-state index in [1.54, 1.807) is 25.1 Å². The number of nitrogens with two attached hydrogens (primary N) is 1. The van der Waals surface area contributed by atoms with E-state index in [1.165, 1.54) is 0 Å². The Balaban J connectivity index is 1.95. The maximum absolute atomic E-state index is 11.7. The minimum atomic E-state index is -0.136. The van der Waals surface area contributed by atoms with Crippen molar-refractivity contribution in [3.63, 3.8) is 0 Å². The Bertz CT molecular complexity index is 517. The van der Waals surface area contributed by atoms with Crippen molar-refractivity contribution in [1.29, 1.82) is 0 Å². The number of hydrogen-bond acceptors (Lipinski definition) is 4. The van der Waals surface area contributed by atoms with E-state index in [0.717, 1.165) is 5.56 Å². The SMILES string of the molecule is Cc1cc(NC(=O)Cc2ccc(N)cc2)no1. The fourth-order valence-electron chi connectivity index (χ4n) is 1.43. The first-order valence-corrected chi connectivity index (χ1v) is 5.21. The van der Waals surface area contributed by atoms with Crippen LogP contribution in [0.15, 0.2) is 34.9 Å². The molecule has 0 radical (unpaired) electrons. The minimum absolute atomic E-state index is 0.136. The van der Waals surface area contributed by atoms with Crippen molar-refractivity contribution in [3.05, 3.63) is 41.7 Å². The van der Waals surface area contributed by atoms with Crippen LogP contribution in [-0.2, 0) is 11.2 Å². The number of carbonyl (C=O) groups excluding carboxylic acids is 1. The molecule has 0 aliphatic heterocycles. The molecule has 0 aliphatic rings. The van der Waals surface area contributed by atoms with Gasteiger partial charge in [0.25, 0.3) is 0 Å². The van der Waals surface area contributed by atoms with Crippen molar-refractivity contribution < 1.29 is 9.32 Å². The van der Waals surface area contributed by atoms with E-state index in [1.807, 2.05) is 12.1 Å². The highest BCUT2D eigenvalue weighted by atomic mass is 16.5. The minimum Gasteiger partial charge on any atom is -0.399 e. The molecule has 0 fully saturated rings. The summed E-state index contributed by atoms with van der Waals surface area (Å²) in [4.78, 5) is 11.7. The van der Waals surface area contributed by atoms with Crippen molar-refractivity contribution in [2.75, 3.05) is 11.1 Å². The highest BCUT2D eigenvalue weighted by Gasteiger charge is 2.06. The number of amides is 1. The van der Waals surface area contributed by atoms with Crippen LogP contribution in [0.25, 0.3) is 0 Å². The summed E-state index contributed by atoms with van der Waals surface area (Å²) in [6.07, 6.45) is 0.284. The maximum atomic E-state index is 11.7. The molecule has 88 valence electrons. The fourth-order valence-corrected chi connectivity index (χ4v) is 1.43. The van der Waals surface area contributed by atoms with E-state index >= 15 is 0 Å². The zero-order valence-corrected chi connectivity index (χ0v) is 9.43. The van der Waals surface area contributed by atoms with Crippen LogP contribution < -0.4 is 11.1 Å². The van der Waals surface area contributed by atoms with Crippen LogP contribution in [0, 0.1) is 6.92 Å². The second kappa shape index (κ2) is 4.69. The molecule has 0 saturated carbocycles. The molecule has 1 aromatic heterocycles. The fraction of sp³-hybridized carbons (Fsp3) is 0.167. The molecular formula is C12H13N3O2. The van der Waals surface area contributed by atoms with Gasteiger partial charge in [-0.05, 0) is 24.6 Å². The molecule has 0 saturated heterocycles. The van der Waals surface area contributed by atoms with Gasteiger partial charge in [-0.15, -0.1) is 0 Å². The van der Waals surface area contributed by atoms with Crippen LogP contribution in [0.1, 0.15) is 11.3 Å². The molecule has 1 aromatic carbocycles. The van der Waals surface area contributed by atoms with Gasteiger partial charge in [0, 0.05) is 11.8 Å². The van der Waals surface area contributed by atoms with Crippen molar-refractivity contribution in [1.82, 2.24) is 5.16 Å². The van der Waals surface area contributed by atoms with E-state index in [0.29, 0.717) is 17.3 Å². The zero-order chi connectivity index (χ0) is 12.3. The van der Waals surface area contributed by atoms with Crippen molar-refractivity contribution in [2.45, 2.75) is 13.3 Å². The average Bonchev–Trinajstić information content (AvgIpc) is 2.67. The molecule has 3 N–H and O–H groups in total. The first-order chi connectivity index (χ1) is 8.13. The molecule has 0 atom stereocenters. The van der Waals surface area contributed by atoms with Gasteiger partial charge in [0.05, 0.1) is 6.42 Å². The quantitative estimate of drug-likeness (QED) is 0.788. The van der Waals surface area contributed by atoms with Crippen LogP contribution in [-0.4, -0.2) is 11.1 Å². The molecule has 0 unspecified atom stereocenters. The molecule has 2 rings (SSSR count). The van der Waals surface area contributed by atoms with Crippen molar-refractivity contribution in [2.24, 2.45) is 0 Å². The third-order valence-electron chi connectivity index (χ3n) is 2.24. The Kier molecular flexibility index (Phi) is 3.09. The summed E-state index contributed by atoms with van der Waals surface area (Å²) in [5.74, 6) is 0.957. The molecule has 0 bridgehead atoms. The molecule has 5 nitrogen and oxygen atoms in total. The van der Waals surface area contributed by atoms with Gasteiger partial charge in [-0.2, -0.15) is 0 Å². The van der Waals surface area contributed by atoms with Gasteiger partial charge in [-0.1, -0.05) is 17.3 Å². The van der Waals surface area contributed by atoms with Gasteiger partial charge in [-0.3, -0.25) is 4.79 Å². The molecule has 1 heterocycles. The number of carbonyl (C=O) groups is 1. The Labute approximate surface area is 98.6 Å². The van der Waals surface area contributed by atoms with Gasteiger partial charge >= 0.3 is 0 Å². The van der Waals surface area contributed by atoms with E-state index in [2.05, 4.69) is 10.5 Å². The van der Waals surface area contributed by atoms with Gasteiger partial charge in [-0.25, -0.2) is 0 Å². The lowest BCUT2D eigenvalue weighted by molar-refractivity contribution is -0.115. The predicted octanol–water partition coefficient (Wildman–Crippen LogP) is 1.75. The summed E-state index contributed by atoms with van der Waals surface area (Å²) in [7, 11) is 0. The Morgan fingerprint density at radius 3 is 2.71 bits per heavy atom. The standard InChI is InChI=1S/C12H13N3O2/c1-8-6-11(15-17-8)14-12(16)7-9-2-4-10(13)5-3-9/h2-6H,7,13H2,1H3,(H,14,15,16). The smallest absolute Gasteiger partial charge is 0.230 e. The summed E-state index contributed by atoms with van der Waals surface area (Å²) in [5.41, 5.74) is 7.14. The number of nitrogens with one attached hydrogen (secondary N) is 1. The Morgan fingerprint density at radius 1 is 1.41 bits per heavy atom. The third kappa shape index (κ3) is 3.07. The molecule has 17 heavy (non-hydrogen) atoms. The Morgan fingerprint density at radius 2 is 2.12 bits per heavy atom. The van der Waals surface area contributed by atoms with Gasteiger partial charge < -0.3 is 15.6 Å². The van der Waals surface area contributed by atoms with Crippen LogP contribution in [0.2, 0.25) is 0 Å². The molecular weight excluding hydrogens is 218 g/mol. The lowest BCUT2D eigenvalue weighted by atomic mass is 10.1. The van der Waals surface area contributed by atoms with Gasteiger partial charge in [0.1, 0.15) is 5.76 Å². The molecule has 5 heteroatoms. The maximum Gasteiger partial charge on any atom is 0.230 e. The molecule has 1 amide bonds. The highest BCUT2D eigenvalue weighted by molar-refractivity contribution is 5.91. The van der Waals surface area contributed by atoms with Crippen LogP contribution in [0.5, 0.6) is 0 Å². The lowest BCUT2D eigenvalue weighted by Gasteiger charge is -2.02. The first-order valence-electron chi connectivity index (χ1n) is 5.21. The molecule has 2 aromatic rings. The van der Waals surface area contributed by atoms with Crippen LogP contribution >= 0.6 is 0 Å². The Hall–Kier alpha value is -2.30. The predicted molar refractivity (Wildman–Crippen MR) is 64.4 cm³/mol. The van der Waals surface area contributed by atoms with E-state index in [-0.39, 0.29) is 12.3 Å². The van der Waals surface area contributed by atoms with E-state index in [9.17, 15) is 4.79 Å².